The normalized spacial score (nSPS) is 11.4. The zero-order chi connectivity index (χ0) is 20.4. The van der Waals surface area contributed by atoms with Gasteiger partial charge in [0.05, 0.1) is 17.1 Å². The molecule has 0 saturated carbocycles. The van der Waals surface area contributed by atoms with Gasteiger partial charge in [0.25, 0.3) is 0 Å². The summed E-state index contributed by atoms with van der Waals surface area (Å²) >= 11 is 0. The summed E-state index contributed by atoms with van der Waals surface area (Å²) in [7, 11) is 0. The lowest BCUT2D eigenvalue weighted by Gasteiger charge is -2.12. The maximum atomic E-state index is 13.4. The highest BCUT2D eigenvalue weighted by Gasteiger charge is 2.19. The van der Waals surface area contributed by atoms with Gasteiger partial charge in [-0.2, -0.15) is 9.49 Å². The lowest BCUT2D eigenvalue weighted by molar-refractivity contribution is 0.543. The second-order valence-corrected chi connectivity index (χ2v) is 7.55. The standard InChI is InChI=1S/C21H20FN7/c1-21(2,3)19-24-13-29(28-19)15-9-7-14(8-10-15)25-20-23-12-11-17(27-20)16-5-4-6-18(22)26-16/h4-13H,1-3H3,(H,23,25,27). The van der Waals surface area contributed by atoms with E-state index in [1.54, 1.807) is 35.4 Å². The van der Waals surface area contributed by atoms with Crippen LogP contribution >= 0.6 is 0 Å². The lowest BCUT2D eigenvalue weighted by Crippen LogP contribution is -2.14. The fourth-order valence-electron chi connectivity index (χ4n) is 2.67. The van der Waals surface area contributed by atoms with Crippen molar-refractivity contribution >= 4 is 11.6 Å². The summed E-state index contributed by atoms with van der Waals surface area (Å²) in [6.45, 7) is 6.23. The molecule has 0 saturated heterocycles. The average Bonchev–Trinajstić information content (AvgIpc) is 3.20. The van der Waals surface area contributed by atoms with Gasteiger partial charge >= 0.3 is 0 Å². The van der Waals surface area contributed by atoms with Gasteiger partial charge in [-0.3, -0.25) is 0 Å². The Morgan fingerprint density at radius 2 is 1.66 bits per heavy atom. The Bertz CT molecular complexity index is 1130. The number of aromatic nitrogens is 6. The third kappa shape index (κ3) is 4.26. The Hall–Kier alpha value is -3.68. The molecule has 4 aromatic rings. The highest BCUT2D eigenvalue weighted by Crippen LogP contribution is 2.21. The van der Waals surface area contributed by atoms with Crippen molar-refractivity contribution in [1.82, 2.24) is 29.7 Å². The van der Waals surface area contributed by atoms with E-state index in [4.69, 9.17) is 0 Å². The second-order valence-electron chi connectivity index (χ2n) is 7.55. The van der Waals surface area contributed by atoms with Crippen molar-refractivity contribution < 1.29 is 4.39 Å². The summed E-state index contributed by atoms with van der Waals surface area (Å²) in [5.41, 5.74) is 2.60. The van der Waals surface area contributed by atoms with E-state index < -0.39 is 5.95 Å². The zero-order valence-electron chi connectivity index (χ0n) is 16.3. The van der Waals surface area contributed by atoms with E-state index in [0.717, 1.165) is 17.2 Å². The van der Waals surface area contributed by atoms with Crippen LogP contribution in [0.4, 0.5) is 16.0 Å². The van der Waals surface area contributed by atoms with E-state index in [1.165, 1.54) is 6.07 Å². The number of rotatable bonds is 4. The van der Waals surface area contributed by atoms with Crippen molar-refractivity contribution in [1.29, 1.82) is 0 Å². The van der Waals surface area contributed by atoms with Gasteiger partial charge in [0.1, 0.15) is 6.33 Å². The Kier molecular flexibility index (Phi) is 4.75. The van der Waals surface area contributed by atoms with Gasteiger partial charge < -0.3 is 5.32 Å². The fourth-order valence-corrected chi connectivity index (χ4v) is 2.67. The molecule has 0 atom stereocenters. The van der Waals surface area contributed by atoms with Crippen LogP contribution in [0, 0.1) is 5.95 Å². The van der Waals surface area contributed by atoms with E-state index >= 15 is 0 Å². The van der Waals surface area contributed by atoms with E-state index in [-0.39, 0.29) is 5.41 Å². The van der Waals surface area contributed by atoms with Gasteiger partial charge in [0, 0.05) is 17.3 Å². The SMILES string of the molecule is CC(C)(C)c1ncn(-c2ccc(Nc3nccc(-c4cccc(F)n4)n3)cc2)n1. The van der Waals surface area contributed by atoms with Crippen molar-refractivity contribution in [3.8, 4) is 17.1 Å². The first kappa shape index (κ1) is 18.7. The van der Waals surface area contributed by atoms with Crippen molar-refractivity contribution in [2.75, 3.05) is 5.32 Å². The number of pyridine rings is 1. The molecule has 0 radical (unpaired) electrons. The third-order valence-electron chi connectivity index (χ3n) is 4.18. The Labute approximate surface area is 167 Å². The molecule has 3 aromatic heterocycles. The molecular formula is C21H20FN7. The second kappa shape index (κ2) is 7.38. The lowest BCUT2D eigenvalue weighted by atomic mass is 9.96. The molecule has 0 fully saturated rings. The minimum Gasteiger partial charge on any atom is -0.324 e. The highest BCUT2D eigenvalue weighted by atomic mass is 19.1. The van der Waals surface area contributed by atoms with Gasteiger partial charge in [-0.05, 0) is 42.5 Å². The van der Waals surface area contributed by atoms with Gasteiger partial charge in [0.2, 0.25) is 11.9 Å². The summed E-state index contributed by atoms with van der Waals surface area (Å²) < 4.78 is 15.1. The topological polar surface area (TPSA) is 81.4 Å². The number of benzene rings is 1. The molecule has 29 heavy (non-hydrogen) atoms. The van der Waals surface area contributed by atoms with E-state index in [9.17, 15) is 4.39 Å². The van der Waals surface area contributed by atoms with Crippen LogP contribution in [0.2, 0.25) is 0 Å². The fraction of sp³-hybridized carbons (Fsp3) is 0.190. The molecule has 0 spiro atoms. The first-order valence-electron chi connectivity index (χ1n) is 9.14. The highest BCUT2D eigenvalue weighted by molar-refractivity contribution is 5.59. The number of nitrogens with one attached hydrogen (secondary N) is 1. The Balaban J connectivity index is 1.52. The first-order valence-corrected chi connectivity index (χ1v) is 9.14. The molecule has 0 aliphatic carbocycles. The molecule has 0 aliphatic heterocycles. The molecule has 8 heteroatoms. The van der Waals surface area contributed by atoms with Crippen LogP contribution in [0.5, 0.6) is 0 Å². The maximum absolute atomic E-state index is 13.4. The van der Waals surface area contributed by atoms with Crippen molar-refractivity contribution in [2.24, 2.45) is 0 Å². The van der Waals surface area contributed by atoms with Crippen LogP contribution in [-0.4, -0.2) is 29.7 Å². The smallest absolute Gasteiger partial charge is 0.227 e. The van der Waals surface area contributed by atoms with Gasteiger partial charge in [-0.15, -0.1) is 0 Å². The molecule has 3 heterocycles. The maximum Gasteiger partial charge on any atom is 0.227 e. The largest absolute Gasteiger partial charge is 0.324 e. The average molecular weight is 389 g/mol. The number of anilines is 2. The van der Waals surface area contributed by atoms with Gasteiger partial charge in [0.15, 0.2) is 5.82 Å². The number of nitrogens with zero attached hydrogens (tertiary/aromatic N) is 6. The summed E-state index contributed by atoms with van der Waals surface area (Å²) in [6.07, 6.45) is 3.32. The van der Waals surface area contributed by atoms with Gasteiger partial charge in [-0.1, -0.05) is 26.8 Å². The van der Waals surface area contributed by atoms with Crippen LogP contribution in [0.1, 0.15) is 26.6 Å². The van der Waals surface area contributed by atoms with E-state index in [0.29, 0.717) is 17.3 Å². The molecule has 0 amide bonds. The van der Waals surface area contributed by atoms with E-state index in [1.807, 2.05) is 24.3 Å². The van der Waals surface area contributed by atoms with Crippen molar-refractivity contribution in [3.05, 3.63) is 72.8 Å². The first-order chi connectivity index (χ1) is 13.9. The summed E-state index contributed by atoms with van der Waals surface area (Å²) in [5.74, 6) is 0.641. The predicted octanol–water partition coefficient (Wildman–Crippen LogP) is 4.30. The van der Waals surface area contributed by atoms with E-state index in [2.05, 4.69) is 51.1 Å². The molecule has 0 aliphatic rings. The molecule has 1 aromatic carbocycles. The monoisotopic (exact) mass is 389 g/mol. The predicted molar refractivity (Wildman–Crippen MR) is 109 cm³/mol. The van der Waals surface area contributed by atoms with Crippen LogP contribution < -0.4 is 5.32 Å². The van der Waals surface area contributed by atoms with Crippen LogP contribution in [-0.2, 0) is 5.41 Å². The van der Waals surface area contributed by atoms with Crippen molar-refractivity contribution in [2.45, 2.75) is 26.2 Å². The van der Waals surface area contributed by atoms with Crippen LogP contribution in [0.15, 0.2) is 61.1 Å². The third-order valence-corrected chi connectivity index (χ3v) is 4.18. The Morgan fingerprint density at radius 1 is 0.897 bits per heavy atom. The molecule has 146 valence electrons. The zero-order valence-corrected chi connectivity index (χ0v) is 16.3. The minimum absolute atomic E-state index is 0.106. The summed E-state index contributed by atoms with van der Waals surface area (Å²) in [4.78, 5) is 16.9. The van der Waals surface area contributed by atoms with Crippen LogP contribution in [0.25, 0.3) is 17.1 Å². The molecule has 1 N–H and O–H groups in total. The summed E-state index contributed by atoms with van der Waals surface area (Å²) in [5, 5.41) is 7.69. The van der Waals surface area contributed by atoms with Crippen LogP contribution in [0.3, 0.4) is 0 Å². The van der Waals surface area contributed by atoms with Gasteiger partial charge in [-0.25, -0.2) is 24.6 Å². The number of hydrogen-bond acceptors (Lipinski definition) is 6. The molecule has 4 rings (SSSR count). The number of halogens is 1. The minimum atomic E-state index is -0.547. The number of hydrogen-bond donors (Lipinski definition) is 1. The summed E-state index contributed by atoms with van der Waals surface area (Å²) in [6, 6.07) is 14.0. The molecular weight excluding hydrogens is 369 g/mol. The molecule has 0 unspecified atom stereocenters. The Morgan fingerprint density at radius 3 is 2.34 bits per heavy atom. The molecule has 7 nitrogen and oxygen atoms in total. The molecule has 0 bridgehead atoms. The van der Waals surface area contributed by atoms with Crippen molar-refractivity contribution in [3.63, 3.8) is 0 Å². The quantitative estimate of drug-likeness (QED) is 0.524.